The predicted molar refractivity (Wildman–Crippen MR) is 68.7 cm³/mol. The van der Waals surface area contributed by atoms with Crippen LogP contribution in [-0.4, -0.2) is 23.1 Å². The summed E-state index contributed by atoms with van der Waals surface area (Å²) in [6, 6.07) is 5.77. The first-order valence-electron chi connectivity index (χ1n) is 5.64. The summed E-state index contributed by atoms with van der Waals surface area (Å²) in [7, 11) is 1.56. The first kappa shape index (κ1) is 12.2. The highest BCUT2D eigenvalue weighted by Crippen LogP contribution is 2.38. The highest BCUT2D eigenvalue weighted by Gasteiger charge is 2.34. The molecule has 0 saturated carbocycles. The van der Waals surface area contributed by atoms with Crippen molar-refractivity contribution >= 4 is 17.5 Å². The van der Waals surface area contributed by atoms with Crippen molar-refractivity contribution in [2.24, 2.45) is 0 Å². The van der Waals surface area contributed by atoms with Crippen LogP contribution in [0.1, 0.15) is 19.0 Å². The summed E-state index contributed by atoms with van der Waals surface area (Å²) in [5.41, 5.74) is 0.950. The molecule has 1 aromatic heterocycles. The molecule has 4 heteroatoms. The number of ketones is 1. The number of nitrogens with zero attached hydrogens (tertiary/aromatic N) is 1. The second-order valence-corrected chi connectivity index (χ2v) is 5.10. The largest absolute Gasteiger partial charge is 0.492 e. The van der Waals surface area contributed by atoms with E-state index >= 15 is 0 Å². The van der Waals surface area contributed by atoms with Crippen LogP contribution in [0.5, 0.6) is 0 Å². The summed E-state index contributed by atoms with van der Waals surface area (Å²) in [4.78, 5) is 17.4. The third-order valence-electron chi connectivity index (χ3n) is 2.70. The summed E-state index contributed by atoms with van der Waals surface area (Å²) in [5, 5.41) is -0.0743. The Labute approximate surface area is 105 Å². The van der Waals surface area contributed by atoms with Gasteiger partial charge in [0, 0.05) is 23.2 Å². The lowest BCUT2D eigenvalue weighted by molar-refractivity contribution is -0.117. The Morgan fingerprint density at radius 2 is 2.29 bits per heavy atom. The molecule has 0 fully saturated rings. The van der Waals surface area contributed by atoms with Gasteiger partial charge >= 0.3 is 0 Å². The second kappa shape index (κ2) is 5.36. The highest BCUT2D eigenvalue weighted by atomic mass is 32.2. The minimum absolute atomic E-state index is 0.0743. The van der Waals surface area contributed by atoms with E-state index in [2.05, 4.69) is 4.98 Å². The molecular formula is C13H15NO2S. The molecule has 90 valence electrons. The normalized spacial score (nSPS) is 19.9. The molecule has 0 spiro atoms. The molecule has 0 saturated heterocycles. The van der Waals surface area contributed by atoms with Crippen LogP contribution in [-0.2, 0) is 16.0 Å². The van der Waals surface area contributed by atoms with Gasteiger partial charge in [0.25, 0.3) is 0 Å². The lowest BCUT2D eigenvalue weighted by Crippen LogP contribution is -2.18. The van der Waals surface area contributed by atoms with Gasteiger partial charge in [-0.3, -0.25) is 9.78 Å². The fourth-order valence-electron chi connectivity index (χ4n) is 1.86. The average molecular weight is 249 g/mol. The van der Waals surface area contributed by atoms with Crippen LogP contribution >= 0.6 is 11.8 Å². The van der Waals surface area contributed by atoms with Crippen molar-refractivity contribution in [1.82, 2.24) is 4.98 Å². The standard InChI is InChI=1S/C13H15NO2S/c1-3-10-13(16-2)12(15)11(17-10)8-9-6-4-5-7-14-9/h4-7,11H,3,8H2,1-2H3. The number of Topliss-reactive ketones (excluding diaryl/α,β-unsaturated/α-hetero) is 1. The third-order valence-corrected chi connectivity index (χ3v) is 4.12. The molecule has 0 aliphatic carbocycles. The van der Waals surface area contributed by atoms with Crippen molar-refractivity contribution in [1.29, 1.82) is 0 Å². The number of carbonyl (C=O) groups is 1. The van der Waals surface area contributed by atoms with Crippen molar-refractivity contribution in [3.63, 3.8) is 0 Å². The number of carbonyl (C=O) groups excluding carboxylic acids is 1. The molecule has 1 aromatic rings. The number of ether oxygens (including phenoxy) is 1. The van der Waals surface area contributed by atoms with Crippen LogP contribution in [0, 0.1) is 0 Å². The van der Waals surface area contributed by atoms with Crippen molar-refractivity contribution in [2.75, 3.05) is 7.11 Å². The summed E-state index contributed by atoms with van der Waals surface area (Å²) in [5.74, 6) is 0.637. The number of rotatable bonds is 4. The molecule has 17 heavy (non-hydrogen) atoms. The van der Waals surface area contributed by atoms with Crippen LogP contribution in [0.25, 0.3) is 0 Å². The maximum absolute atomic E-state index is 12.1. The molecular weight excluding hydrogens is 234 g/mol. The van der Waals surface area contributed by atoms with Gasteiger partial charge in [-0.05, 0) is 18.6 Å². The molecule has 0 amide bonds. The minimum Gasteiger partial charge on any atom is -0.492 e. The molecule has 0 bridgehead atoms. The fourth-order valence-corrected chi connectivity index (χ4v) is 3.13. The van der Waals surface area contributed by atoms with E-state index in [0.717, 1.165) is 17.0 Å². The molecule has 0 radical (unpaired) electrons. The maximum atomic E-state index is 12.1. The Balaban J connectivity index is 2.10. The van der Waals surface area contributed by atoms with E-state index in [-0.39, 0.29) is 11.0 Å². The number of allylic oxidation sites excluding steroid dienone is 2. The van der Waals surface area contributed by atoms with Gasteiger partial charge in [-0.2, -0.15) is 0 Å². The van der Waals surface area contributed by atoms with Crippen molar-refractivity contribution in [3.05, 3.63) is 40.8 Å². The summed E-state index contributed by atoms with van der Waals surface area (Å²) < 4.78 is 5.18. The van der Waals surface area contributed by atoms with Gasteiger partial charge in [-0.1, -0.05) is 13.0 Å². The van der Waals surface area contributed by atoms with Crippen LogP contribution in [0.2, 0.25) is 0 Å². The van der Waals surface area contributed by atoms with Gasteiger partial charge in [-0.15, -0.1) is 11.8 Å². The Kier molecular flexibility index (Phi) is 3.84. The third kappa shape index (κ3) is 2.52. The topological polar surface area (TPSA) is 39.2 Å². The summed E-state index contributed by atoms with van der Waals surface area (Å²) in [6.45, 7) is 2.04. The van der Waals surface area contributed by atoms with E-state index in [1.165, 1.54) is 0 Å². The SMILES string of the molecule is CCC1=C(OC)C(=O)C(Cc2ccccn2)S1. The van der Waals surface area contributed by atoms with Crippen LogP contribution in [0.3, 0.4) is 0 Å². The molecule has 2 heterocycles. The number of aromatic nitrogens is 1. The Bertz CT molecular complexity index is 442. The quantitative estimate of drug-likeness (QED) is 0.822. The molecule has 0 N–H and O–H groups in total. The molecule has 0 aromatic carbocycles. The molecule has 1 aliphatic heterocycles. The van der Waals surface area contributed by atoms with Gasteiger partial charge in [0.15, 0.2) is 5.76 Å². The van der Waals surface area contributed by atoms with Crippen LogP contribution < -0.4 is 0 Å². The highest BCUT2D eigenvalue weighted by molar-refractivity contribution is 8.04. The van der Waals surface area contributed by atoms with E-state index in [9.17, 15) is 4.79 Å². The van der Waals surface area contributed by atoms with E-state index in [4.69, 9.17) is 4.74 Å². The second-order valence-electron chi connectivity index (χ2n) is 3.81. The van der Waals surface area contributed by atoms with Crippen molar-refractivity contribution < 1.29 is 9.53 Å². The number of hydrogen-bond donors (Lipinski definition) is 0. The zero-order chi connectivity index (χ0) is 12.3. The molecule has 1 atom stereocenters. The Hall–Kier alpha value is -1.29. The molecule has 1 aliphatic rings. The zero-order valence-corrected chi connectivity index (χ0v) is 10.8. The molecule has 1 unspecified atom stereocenters. The number of methoxy groups -OCH3 is 1. The average Bonchev–Trinajstić information content (AvgIpc) is 2.67. The molecule has 2 rings (SSSR count). The van der Waals surface area contributed by atoms with Gasteiger partial charge < -0.3 is 4.74 Å². The fraction of sp³-hybridized carbons (Fsp3) is 0.385. The molecule has 3 nitrogen and oxygen atoms in total. The van der Waals surface area contributed by atoms with Crippen LogP contribution in [0.4, 0.5) is 0 Å². The lowest BCUT2D eigenvalue weighted by Gasteiger charge is -2.07. The summed E-state index contributed by atoms with van der Waals surface area (Å²) in [6.07, 6.45) is 3.27. The number of pyridine rings is 1. The maximum Gasteiger partial charge on any atom is 0.211 e. The monoisotopic (exact) mass is 249 g/mol. The van der Waals surface area contributed by atoms with Crippen molar-refractivity contribution in [3.8, 4) is 0 Å². The Morgan fingerprint density at radius 1 is 1.47 bits per heavy atom. The predicted octanol–water partition coefficient (Wildman–Crippen LogP) is 2.58. The summed E-state index contributed by atoms with van der Waals surface area (Å²) >= 11 is 1.61. The first-order valence-corrected chi connectivity index (χ1v) is 6.52. The van der Waals surface area contributed by atoms with Gasteiger partial charge in [0.1, 0.15) is 0 Å². The van der Waals surface area contributed by atoms with Crippen molar-refractivity contribution in [2.45, 2.75) is 25.0 Å². The lowest BCUT2D eigenvalue weighted by atomic mass is 10.1. The van der Waals surface area contributed by atoms with Gasteiger partial charge in [0.2, 0.25) is 5.78 Å². The van der Waals surface area contributed by atoms with Gasteiger partial charge in [0.05, 0.1) is 12.4 Å². The van der Waals surface area contributed by atoms with E-state index < -0.39 is 0 Å². The number of thioether (sulfide) groups is 1. The Morgan fingerprint density at radius 3 is 2.82 bits per heavy atom. The van der Waals surface area contributed by atoms with E-state index in [1.807, 2.05) is 25.1 Å². The minimum atomic E-state index is -0.0743. The van der Waals surface area contributed by atoms with E-state index in [1.54, 1.807) is 25.1 Å². The van der Waals surface area contributed by atoms with Gasteiger partial charge in [-0.25, -0.2) is 0 Å². The smallest absolute Gasteiger partial charge is 0.211 e. The number of hydrogen-bond acceptors (Lipinski definition) is 4. The zero-order valence-electron chi connectivity index (χ0n) is 9.97. The van der Waals surface area contributed by atoms with Crippen LogP contribution in [0.15, 0.2) is 35.1 Å². The van der Waals surface area contributed by atoms with E-state index in [0.29, 0.717) is 12.2 Å². The first-order chi connectivity index (χ1) is 8.26.